The highest BCUT2D eigenvalue weighted by Gasteiger charge is 2.18. The fourth-order valence-corrected chi connectivity index (χ4v) is 5.53. The summed E-state index contributed by atoms with van der Waals surface area (Å²) in [7, 11) is 0. The van der Waals surface area contributed by atoms with Crippen molar-refractivity contribution in [2.24, 2.45) is 0 Å². The van der Waals surface area contributed by atoms with Crippen LogP contribution in [0.1, 0.15) is 0 Å². The average molecular weight is 484 g/mol. The Kier molecular flexibility index (Phi) is 4.68. The molecule has 0 aliphatic heterocycles. The number of fused-ring (bicyclic) bond motifs is 4. The molecule has 6 nitrogen and oxygen atoms in total. The Morgan fingerprint density at radius 2 is 1.19 bits per heavy atom. The van der Waals surface area contributed by atoms with Gasteiger partial charge in [-0.2, -0.15) is 0 Å². The van der Waals surface area contributed by atoms with E-state index in [1.54, 1.807) is 4.40 Å². The van der Waals surface area contributed by atoms with Crippen LogP contribution in [0.2, 0.25) is 0 Å². The Hall–Kier alpha value is -4.75. The second kappa shape index (κ2) is 8.18. The molecule has 0 aliphatic carbocycles. The molecule has 36 heavy (non-hydrogen) atoms. The first-order chi connectivity index (χ1) is 17.8. The number of benzene rings is 4. The van der Waals surface area contributed by atoms with Crippen LogP contribution in [0.4, 0.5) is 0 Å². The Bertz CT molecular complexity index is 1910. The van der Waals surface area contributed by atoms with Gasteiger partial charge in [0.15, 0.2) is 22.4 Å². The third-order valence-electron chi connectivity index (χ3n) is 6.11. The van der Waals surface area contributed by atoms with Crippen LogP contribution in [0.3, 0.4) is 0 Å². The fourth-order valence-electron chi connectivity index (χ4n) is 4.40. The van der Waals surface area contributed by atoms with Gasteiger partial charge in [-0.25, -0.2) is 19.9 Å². The minimum absolute atomic E-state index is 0.0791. The van der Waals surface area contributed by atoms with Crippen molar-refractivity contribution in [3.05, 3.63) is 113 Å². The molecule has 0 aliphatic rings. The highest BCUT2D eigenvalue weighted by atomic mass is 32.1. The number of hydrogen-bond acceptors (Lipinski definition) is 6. The maximum Gasteiger partial charge on any atom is 0.266 e. The number of hydrogen-bond donors (Lipinski definition) is 0. The smallest absolute Gasteiger partial charge is 0.266 e. The Morgan fingerprint density at radius 1 is 0.583 bits per heavy atom. The van der Waals surface area contributed by atoms with Crippen LogP contribution >= 0.6 is 11.3 Å². The molecule has 3 heterocycles. The first-order valence-electron chi connectivity index (χ1n) is 11.5. The summed E-state index contributed by atoms with van der Waals surface area (Å²) in [6.45, 7) is 0. The van der Waals surface area contributed by atoms with Crippen molar-refractivity contribution in [2.75, 3.05) is 0 Å². The van der Waals surface area contributed by atoms with E-state index in [4.69, 9.17) is 19.9 Å². The average Bonchev–Trinajstić information content (AvgIpc) is 3.32. The largest absolute Gasteiger partial charge is 0.268 e. The third kappa shape index (κ3) is 3.29. The molecule has 0 radical (unpaired) electrons. The monoisotopic (exact) mass is 483 g/mol. The van der Waals surface area contributed by atoms with E-state index in [-0.39, 0.29) is 5.56 Å². The van der Waals surface area contributed by atoms with Gasteiger partial charge in [-0.1, -0.05) is 90.2 Å². The topological polar surface area (TPSA) is 73.0 Å². The zero-order valence-corrected chi connectivity index (χ0v) is 19.7. The molecule has 3 aromatic heterocycles. The molecule has 0 saturated heterocycles. The van der Waals surface area contributed by atoms with Gasteiger partial charge in [-0.3, -0.25) is 9.20 Å². The molecule has 7 heteroatoms. The quantitative estimate of drug-likeness (QED) is 0.297. The van der Waals surface area contributed by atoms with Crippen molar-refractivity contribution in [1.29, 1.82) is 0 Å². The molecule has 4 aromatic carbocycles. The van der Waals surface area contributed by atoms with Crippen molar-refractivity contribution >= 4 is 37.4 Å². The maximum atomic E-state index is 13.4. The lowest BCUT2D eigenvalue weighted by molar-refractivity contribution is 1.08. The second-order valence-corrected chi connectivity index (χ2v) is 9.32. The number of thiazole rings is 1. The Labute approximate surface area is 209 Å². The van der Waals surface area contributed by atoms with Crippen LogP contribution in [0, 0.1) is 0 Å². The summed E-state index contributed by atoms with van der Waals surface area (Å²) < 4.78 is 2.59. The molecule has 7 rings (SSSR count). The number of para-hydroxylation sites is 1. The van der Waals surface area contributed by atoms with E-state index in [1.807, 2.05) is 103 Å². The van der Waals surface area contributed by atoms with Gasteiger partial charge in [0.2, 0.25) is 0 Å². The van der Waals surface area contributed by atoms with Gasteiger partial charge in [0.1, 0.15) is 0 Å². The molecule has 0 spiro atoms. The van der Waals surface area contributed by atoms with E-state index in [0.29, 0.717) is 33.3 Å². The lowest BCUT2D eigenvalue weighted by Gasteiger charge is -2.08. The van der Waals surface area contributed by atoms with Crippen molar-refractivity contribution in [3.8, 4) is 34.2 Å². The summed E-state index contributed by atoms with van der Waals surface area (Å²) in [6, 6.07) is 33.1. The van der Waals surface area contributed by atoms with Crippen LogP contribution in [-0.4, -0.2) is 24.3 Å². The summed E-state index contributed by atoms with van der Waals surface area (Å²) in [6.07, 6.45) is 0. The van der Waals surface area contributed by atoms with Gasteiger partial charge in [-0.15, -0.1) is 0 Å². The first-order valence-corrected chi connectivity index (χ1v) is 12.3. The molecular formula is C29H17N5OS. The van der Waals surface area contributed by atoms with Crippen molar-refractivity contribution in [2.45, 2.75) is 0 Å². The van der Waals surface area contributed by atoms with Gasteiger partial charge in [0.25, 0.3) is 5.56 Å². The molecule has 7 aromatic rings. The van der Waals surface area contributed by atoms with Crippen molar-refractivity contribution < 1.29 is 0 Å². The van der Waals surface area contributed by atoms with Gasteiger partial charge >= 0.3 is 0 Å². The molecule has 170 valence electrons. The van der Waals surface area contributed by atoms with Crippen molar-refractivity contribution in [1.82, 2.24) is 24.3 Å². The standard InChI is InChI=1S/C29H17N5OS/c35-28-20-14-7-8-16-22(20)30-29-34(28)23-17-9-15-21(24(23)36-29)27-32-25(18-10-3-1-4-11-18)31-26(33-27)19-12-5-2-6-13-19/h1-17H. The summed E-state index contributed by atoms with van der Waals surface area (Å²) >= 11 is 1.47. The summed E-state index contributed by atoms with van der Waals surface area (Å²) in [5.74, 6) is 1.75. The predicted molar refractivity (Wildman–Crippen MR) is 144 cm³/mol. The van der Waals surface area contributed by atoms with Crippen LogP contribution in [0.15, 0.2) is 108 Å². The predicted octanol–water partition coefficient (Wildman–Crippen LogP) is 6.25. The van der Waals surface area contributed by atoms with E-state index in [1.165, 1.54) is 11.3 Å². The molecule has 0 bridgehead atoms. The minimum atomic E-state index is -0.0791. The van der Waals surface area contributed by atoms with Crippen LogP contribution < -0.4 is 5.56 Å². The maximum absolute atomic E-state index is 13.4. The van der Waals surface area contributed by atoms with Gasteiger partial charge in [0, 0.05) is 16.7 Å². The summed E-state index contributed by atoms with van der Waals surface area (Å²) in [5.41, 5.74) is 4.05. The van der Waals surface area contributed by atoms with Crippen LogP contribution in [0.5, 0.6) is 0 Å². The molecule has 0 saturated carbocycles. The van der Waals surface area contributed by atoms with Crippen molar-refractivity contribution in [3.63, 3.8) is 0 Å². The zero-order valence-electron chi connectivity index (χ0n) is 18.9. The number of aromatic nitrogens is 5. The van der Waals surface area contributed by atoms with E-state index in [2.05, 4.69) is 0 Å². The summed E-state index contributed by atoms with van der Waals surface area (Å²) in [4.78, 5) is 33.3. The van der Waals surface area contributed by atoms with E-state index in [9.17, 15) is 4.79 Å². The Balaban J connectivity index is 1.53. The first kappa shape index (κ1) is 20.6. The molecule has 0 unspecified atom stereocenters. The Morgan fingerprint density at radius 3 is 1.89 bits per heavy atom. The molecule has 0 amide bonds. The van der Waals surface area contributed by atoms with Crippen LogP contribution in [0.25, 0.3) is 60.2 Å². The minimum Gasteiger partial charge on any atom is -0.268 e. The number of rotatable bonds is 3. The molecule has 0 fully saturated rings. The van der Waals surface area contributed by atoms with E-state index >= 15 is 0 Å². The third-order valence-corrected chi connectivity index (χ3v) is 7.20. The number of nitrogens with zero attached hydrogens (tertiary/aromatic N) is 5. The zero-order chi connectivity index (χ0) is 24.1. The second-order valence-electron chi connectivity index (χ2n) is 8.35. The molecular weight excluding hydrogens is 466 g/mol. The lowest BCUT2D eigenvalue weighted by Crippen LogP contribution is -2.13. The fraction of sp³-hybridized carbons (Fsp3) is 0. The van der Waals surface area contributed by atoms with Gasteiger partial charge < -0.3 is 0 Å². The van der Waals surface area contributed by atoms with Crippen LogP contribution in [-0.2, 0) is 0 Å². The highest BCUT2D eigenvalue weighted by molar-refractivity contribution is 7.24. The molecule has 0 N–H and O–H groups in total. The SMILES string of the molecule is O=c1c2ccccc2nc2sc3c(-c4nc(-c5ccccc5)nc(-c5ccccc5)n4)cccc3n12. The van der Waals surface area contributed by atoms with Gasteiger partial charge in [-0.05, 0) is 24.3 Å². The molecule has 0 atom stereocenters. The lowest BCUT2D eigenvalue weighted by atomic mass is 10.1. The highest BCUT2D eigenvalue weighted by Crippen LogP contribution is 2.34. The summed E-state index contributed by atoms with van der Waals surface area (Å²) in [5, 5.41) is 0.595. The van der Waals surface area contributed by atoms with E-state index in [0.717, 1.165) is 26.9 Å². The van der Waals surface area contributed by atoms with E-state index < -0.39 is 0 Å². The van der Waals surface area contributed by atoms with Gasteiger partial charge in [0.05, 0.1) is 21.1 Å². The normalized spacial score (nSPS) is 11.4.